The second-order valence-electron chi connectivity index (χ2n) is 5.60. The molecule has 1 heterocycles. The van der Waals surface area contributed by atoms with Gasteiger partial charge in [0.05, 0.1) is 24.4 Å². The second kappa shape index (κ2) is 8.50. The summed E-state index contributed by atoms with van der Waals surface area (Å²) in [5.41, 5.74) is 1.67. The maximum absolute atomic E-state index is 12.6. The van der Waals surface area contributed by atoms with Crippen LogP contribution in [-0.4, -0.2) is 39.8 Å². The summed E-state index contributed by atoms with van der Waals surface area (Å²) in [5.74, 6) is 0.507. The highest BCUT2D eigenvalue weighted by Gasteiger charge is 2.16. The molecule has 140 valence electrons. The molecule has 3 rings (SSSR count). The van der Waals surface area contributed by atoms with Gasteiger partial charge in [-0.2, -0.15) is 0 Å². The average Bonchev–Trinajstić information content (AvgIpc) is 3.21. The first-order valence-electron chi connectivity index (χ1n) is 8.27. The molecule has 0 aliphatic heterocycles. The zero-order chi connectivity index (χ0) is 19.2. The lowest BCUT2D eigenvalue weighted by atomic mass is 10.1. The number of carbonyl (C=O) groups excluding carboxylic acids is 1. The fourth-order valence-corrected chi connectivity index (χ4v) is 2.67. The third kappa shape index (κ3) is 4.35. The lowest BCUT2D eigenvalue weighted by Crippen LogP contribution is -2.13. The Balaban J connectivity index is 1.82. The molecule has 0 radical (unpaired) electrons. The predicted octanol–water partition coefficient (Wildman–Crippen LogP) is 3.37. The molecule has 0 fully saturated rings. The topological polar surface area (TPSA) is 91.2 Å². The number of ether oxygens (including phenoxy) is 2. The number of aromatic nitrogens is 4. The van der Waals surface area contributed by atoms with E-state index in [0.29, 0.717) is 34.4 Å². The Morgan fingerprint density at radius 3 is 2.85 bits per heavy atom. The summed E-state index contributed by atoms with van der Waals surface area (Å²) < 4.78 is 12.4. The van der Waals surface area contributed by atoms with Gasteiger partial charge in [-0.25, -0.2) is 4.68 Å². The molecular formula is C18H18ClN5O3. The van der Waals surface area contributed by atoms with Gasteiger partial charge in [-0.05, 0) is 47.2 Å². The van der Waals surface area contributed by atoms with Crippen molar-refractivity contribution in [3.05, 3.63) is 53.3 Å². The first-order valence-corrected chi connectivity index (χ1v) is 8.65. The van der Waals surface area contributed by atoms with Gasteiger partial charge in [0.2, 0.25) is 0 Å². The van der Waals surface area contributed by atoms with E-state index in [0.717, 1.165) is 12.1 Å². The molecule has 8 nitrogen and oxygen atoms in total. The monoisotopic (exact) mass is 387 g/mol. The van der Waals surface area contributed by atoms with E-state index in [2.05, 4.69) is 20.8 Å². The van der Waals surface area contributed by atoms with Crippen LogP contribution in [0.1, 0.15) is 23.7 Å². The number of nitrogens with zero attached hydrogens (tertiary/aromatic N) is 4. The molecule has 0 spiro atoms. The normalized spacial score (nSPS) is 10.5. The zero-order valence-electron chi connectivity index (χ0n) is 14.8. The standard InChI is InChI=1S/C18H18ClN5O3/c1-3-7-27-17-15(19)8-12(9-16(17)26-2)18(25)21-13-5-4-6-14(10-13)24-11-20-22-23-24/h4-6,8-11H,3,7H2,1-2H3,(H,21,25). The smallest absolute Gasteiger partial charge is 0.255 e. The van der Waals surface area contributed by atoms with Gasteiger partial charge in [0, 0.05) is 11.3 Å². The van der Waals surface area contributed by atoms with E-state index in [1.165, 1.54) is 18.1 Å². The molecule has 0 saturated heterocycles. The molecule has 9 heteroatoms. The van der Waals surface area contributed by atoms with Crippen molar-refractivity contribution in [2.75, 3.05) is 19.0 Å². The highest BCUT2D eigenvalue weighted by atomic mass is 35.5. The quantitative estimate of drug-likeness (QED) is 0.668. The van der Waals surface area contributed by atoms with Crippen molar-refractivity contribution in [2.45, 2.75) is 13.3 Å². The van der Waals surface area contributed by atoms with Crippen LogP contribution in [0.4, 0.5) is 5.69 Å². The average molecular weight is 388 g/mol. The van der Waals surface area contributed by atoms with E-state index in [1.807, 2.05) is 13.0 Å². The lowest BCUT2D eigenvalue weighted by molar-refractivity contribution is 0.102. The van der Waals surface area contributed by atoms with Gasteiger partial charge in [0.1, 0.15) is 6.33 Å². The zero-order valence-corrected chi connectivity index (χ0v) is 15.6. The molecule has 0 atom stereocenters. The summed E-state index contributed by atoms with van der Waals surface area (Å²) in [6.45, 7) is 2.50. The van der Waals surface area contributed by atoms with E-state index in [1.54, 1.807) is 30.3 Å². The number of amides is 1. The Kier molecular flexibility index (Phi) is 5.87. The number of nitrogens with one attached hydrogen (secondary N) is 1. The number of hydrogen-bond donors (Lipinski definition) is 1. The Hall–Kier alpha value is -3.13. The van der Waals surface area contributed by atoms with Gasteiger partial charge in [0.15, 0.2) is 11.5 Å². The summed E-state index contributed by atoms with van der Waals surface area (Å²) in [6, 6.07) is 10.3. The highest BCUT2D eigenvalue weighted by Crippen LogP contribution is 2.36. The van der Waals surface area contributed by atoms with Crippen LogP contribution in [0.3, 0.4) is 0 Å². The van der Waals surface area contributed by atoms with Crippen molar-refractivity contribution < 1.29 is 14.3 Å². The fourth-order valence-electron chi connectivity index (χ4n) is 2.40. The SMILES string of the molecule is CCCOc1c(Cl)cc(C(=O)Nc2cccc(-n3cnnn3)c2)cc1OC. The van der Waals surface area contributed by atoms with Gasteiger partial charge in [-0.3, -0.25) is 4.79 Å². The van der Waals surface area contributed by atoms with Crippen LogP contribution in [0, 0.1) is 0 Å². The summed E-state index contributed by atoms with van der Waals surface area (Å²) in [6.07, 6.45) is 2.31. The molecule has 1 aromatic heterocycles. The van der Waals surface area contributed by atoms with Crippen molar-refractivity contribution in [2.24, 2.45) is 0 Å². The van der Waals surface area contributed by atoms with E-state index >= 15 is 0 Å². The Morgan fingerprint density at radius 2 is 2.15 bits per heavy atom. The predicted molar refractivity (Wildman–Crippen MR) is 101 cm³/mol. The number of carbonyl (C=O) groups is 1. The maximum Gasteiger partial charge on any atom is 0.255 e. The first-order chi connectivity index (χ1) is 13.1. The summed E-state index contributed by atoms with van der Waals surface area (Å²) in [5, 5.41) is 14.2. The minimum Gasteiger partial charge on any atom is -0.493 e. The first kappa shape index (κ1) is 18.7. The van der Waals surface area contributed by atoms with Crippen LogP contribution in [0.2, 0.25) is 5.02 Å². The van der Waals surface area contributed by atoms with Gasteiger partial charge < -0.3 is 14.8 Å². The van der Waals surface area contributed by atoms with Crippen molar-refractivity contribution in [1.29, 1.82) is 0 Å². The number of tetrazole rings is 1. The molecule has 3 aromatic rings. The van der Waals surface area contributed by atoms with Crippen molar-refractivity contribution >= 4 is 23.2 Å². The molecule has 0 aliphatic carbocycles. The Bertz CT molecular complexity index is 931. The van der Waals surface area contributed by atoms with Crippen LogP contribution in [0.15, 0.2) is 42.7 Å². The largest absolute Gasteiger partial charge is 0.493 e. The lowest BCUT2D eigenvalue weighted by Gasteiger charge is -2.14. The highest BCUT2D eigenvalue weighted by molar-refractivity contribution is 6.32. The molecule has 0 aliphatic rings. The minimum absolute atomic E-state index is 0.315. The van der Waals surface area contributed by atoms with Crippen molar-refractivity contribution in [3.63, 3.8) is 0 Å². The van der Waals surface area contributed by atoms with Crippen LogP contribution < -0.4 is 14.8 Å². The third-order valence-electron chi connectivity index (χ3n) is 3.66. The second-order valence-corrected chi connectivity index (χ2v) is 6.00. The number of anilines is 1. The van der Waals surface area contributed by atoms with Gasteiger partial charge in [0.25, 0.3) is 5.91 Å². The maximum atomic E-state index is 12.6. The van der Waals surface area contributed by atoms with Gasteiger partial charge in [-0.1, -0.05) is 24.6 Å². The van der Waals surface area contributed by atoms with E-state index in [-0.39, 0.29) is 5.91 Å². The van der Waals surface area contributed by atoms with Gasteiger partial charge >= 0.3 is 0 Å². The Morgan fingerprint density at radius 1 is 1.30 bits per heavy atom. The number of benzene rings is 2. The minimum atomic E-state index is -0.328. The van der Waals surface area contributed by atoms with Crippen molar-refractivity contribution in [3.8, 4) is 17.2 Å². The molecular weight excluding hydrogens is 370 g/mol. The van der Waals surface area contributed by atoms with Crippen molar-refractivity contribution in [1.82, 2.24) is 20.2 Å². The number of rotatable bonds is 7. The molecule has 1 N–H and O–H groups in total. The summed E-state index contributed by atoms with van der Waals surface area (Å²) in [4.78, 5) is 12.6. The van der Waals surface area contributed by atoms with Crippen LogP contribution in [0.5, 0.6) is 11.5 Å². The third-order valence-corrected chi connectivity index (χ3v) is 3.94. The van der Waals surface area contributed by atoms with Crippen LogP contribution in [-0.2, 0) is 0 Å². The molecule has 1 amide bonds. The van der Waals surface area contributed by atoms with Crippen LogP contribution in [0.25, 0.3) is 5.69 Å². The van der Waals surface area contributed by atoms with E-state index < -0.39 is 0 Å². The number of methoxy groups -OCH3 is 1. The van der Waals surface area contributed by atoms with E-state index in [4.69, 9.17) is 21.1 Å². The molecule has 0 unspecified atom stereocenters. The Labute approximate surface area is 161 Å². The van der Waals surface area contributed by atoms with Gasteiger partial charge in [-0.15, -0.1) is 5.10 Å². The molecule has 0 bridgehead atoms. The molecule has 2 aromatic carbocycles. The van der Waals surface area contributed by atoms with E-state index in [9.17, 15) is 4.79 Å². The summed E-state index contributed by atoms with van der Waals surface area (Å²) in [7, 11) is 1.50. The molecule has 0 saturated carbocycles. The fraction of sp³-hybridized carbons (Fsp3) is 0.222. The van der Waals surface area contributed by atoms with Crippen LogP contribution >= 0.6 is 11.6 Å². The summed E-state index contributed by atoms with van der Waals surface area (Å²) >= 11 is 6.28. The number of hydrogen-bond acceptors (Lipinski definition) is 6. The molecule has 27 heavy (non-hydrogen) atoms. The number of halogens is 1.